The predicted molar refractivity (Wildman–Crippen MR) is 106 cm³/mol. The fraction of sp³-hybridized carbons (Fsp3) is 0.300. The van der Waals surface area contributed by atoms with Gasteiger partial charge in [0, 0.05) is 26.0 Å². The van der Waals surface area contributed by atoms with E-state index in [0.29, 0.717) is 19.1 Å². The van der Waals surface area contributed by atoms with Crippen LogP contribution in [-0.2, 0) is 6.54 Å². The first kappa shape index (κ1) is 19.6. The highest BCUT2D eigenvalue weighted by atomic mass is 19.3. The number of benzene rings is 2. The molecule has 1 aromatic heterocycles. The first-order valence-electron chi connectivity index (χ1n) is 9.03. The Morgan fingerprint density at radius 1 is 1.18 bits per heavy atom. The van der Waals surface area contributed by atoms with Crippen LogP contribution < -0.4 is 15.4 Å². The van der Waals surface area contributed by atoms with Crippen molar-refractivity contribution in [2.24, 2.45) is 4.99 Å². The smallest absolute Gasteiger partial charge is 0.319 e. The highest BCUT2D eigenvalue weighted by Crippen LogP contribution is 2.20. The van der Waals surface area contributed by atoms with E-state index in [1.165, 1.54) is 17.8 Å². The van der Waals surface area contributed by atoms with Crippen molar-refractivity contribution in [2.45, 2.75) is 19.5 Å². The van der Waals surface area contributed by atoms with Crippen LogP contribution in [0.1, 0.15) is 18.8 Å². The van der Waals surface area contributed by atoms with Crippen molar-refractivity contribution >= 4 is 16.7 Å². The highest BCUT2D eigenvalue weighted by molar-refractivity contribution is 5.83. The predicted octanol–water partition coefficient (Wildman–Crippen LogP) is 3.57. The molecule has 1 heterocycles. The average molecular weight is 387 g/mol. The lowest BCUT2D eigenvalue weighted by molar-refractivity contribution is 0.0668. The molecule has 0 fully saturated rings. The summed E-state index contributed by atoms with van der Waals surface area (Å²) in [4.78, 5) is 8.01. The topological polar surface area (TPSA) is 63.5 Å². The number of nitrogens with zero attached hydrogens (tertiary/aromatic N) is 3. The lowest BCUT2D eigenvalue weighted by atomic mass is 10.1. The van der Waals surface area contributed by atoms with Crippen LogP contribution in [0.3, 0.4) is 0 Å². The molecule has 0 aliphatic carbocycles. The van der Waals surface area contributed by atoms with Crippen molar-refractivity contribution in [1.82, 2.24) is 20.2 Å². The normalized spacial score (nSPS) is 11.8. The summed E-state index contributed by atoms with van der Waals surface area (Å²) in [6.45, 7) is -1.26. The molecule has 0 saturated carbocycles. The van der Waals surface area contributed by atoms with Crippen molar-refractivity contribution in [3.63, 3.8) is 0 Å². The maximum atomic E-state index is 12.8. The molecular weight excluding hydrogens is 364 g/mol. The third-order valence-corrected chi connectivity index (χ3v) is 4.20. The summed E-state index contributed by atoms with van der Waals surface area (Å²) < 4.78 is 32.2. The molecule has 8 heteroatoms. The summed E-state index contributed by atoms with van der Waals surface area (Å²) in [5, 5.41) is 8.43. The fourth-order valence-electron chi connectivity index (χ4n) is 2.77. The van der Waals surface area contributed by atoms with Gasteiger partial charge in [0.15, 0.2) is 5.96 Å². The number of alkyl halides is 2. The van der Waals surface area contributed by atoms with Crippen LogP contribution in [-0.4, -0.2) is 35.7 Å². The summed E-state index contributed by atoms with van der Waals surface area (Å²) in [5.74, 6) is 1.60. The first-order valence-corrected chi connectivity index (χ1v) is 9.03. The van der Waals surface area contributed by atoms with Crippen LogP contribution in [0.4, 0.5) is 8.78 Å². The average Bonchev–Trinajstić information content (AvgIpc) is 3.19. The number of aromatic nitrogens is 2. The number of guanidine groups is 1. The van der Waals surface area contributed by atoms with E-state index in [9.17, 15) is 8.78 Å². The lowest BCUT2D eigenvalue weighted by Crippen LogP contribution is -2.38. The monoisotopic (exact) mass is 387 g/mol. The maximum absolute atomic E-state index is 12.8. The molecule has 0 radical (unpaired) electrons. The van der Waals surface area contributed by atoms with Crippen molar-refractivity contribution in [3.8, 4) is 5.75 Å². The number of hydrogen-bond acceptors (Lipinski definition) is 3. The van der Waals surface area contributed by atoms with Gasteiger partial charge in [-0.1, -0.05) is 30.3 Å². The maximum Gasteiger partial charge on any atom is 0.319 e. The number of nitrogens with one attached hydrogen (secondary N) is 2. The third-order valence-electron chi connectivity index (χ3n) is 4.20. The zero-order valence-electron chi connectivity index (χ0n) is 15.6. The van der Waals surface area contributed by atoms with Crippen molar-refractivity contribution in [1.29, 1.82) is 0 Å². The van der Waals surface area contributed by atoms with Crippen LogP contribution >= 0.6 is 0 Å². The zero-order chi connectivity index (χ0) is 19.8. The van der Waals surface area contributed by atoms with E-state index in [-0.39, 0.29) is 12.4 Å². The third kappa shape index (κ3) is 5.18. The standard InChI is InChI=1S/C20H23F2N5O/c1-23-20(26-14-18-24-10-11-27(18)19(21)22)25-9-4-12-28-17-8-7-15-5-2-3-6-16(15)13-17/h2-3,5-8,10-11,13,19H,4,9,12,14H2,1H3,(H2,23,25,26). The molecule has 0 amide bonds. The molecule has 0 spiro atoms. The van der Waals surface area contributed by atoms with Gasteiger partial charge in [-0.3, -0.25) is 9.56 Å². The largest absolute Gasteiger partial charge is 0.494 e. The molecule has 28 heavy (non-hydrogen) atoms. The molecule has 0 unspecified atom stereocenters. The van der Waals surface area contributed by atoms with Gasteiger partial charge in [0.2, 0.25) is 0 Å². The Hall–Kier alpha value is -3.16. The quantitative estimate of drug-likeness (QED) is 0.352. The van der Waals surface area contributed by atoms with Crippen LogP contribution in [0.25, 0.3) is 10.8 Å². The molecule has 6 nitrogen and oxygen atoms in total. The van der Waals surface area contributed by atoms with Crippen LogP contribution in [0, 0.1) is 0 Å². The van der Waals surface area contributed by atoms with Crippen molar-refractivity contribution < 1.29 is 13.5 Å². The molecule has 0 atom stereocenters. The van der Waals surface area contributed by atoms with Gasteiger partial charge < -0.3 is 15.4 Å². The number of hydrogen-bond donors (Lipinski definition) is 2. The second-order valence-corrected chi connectivity index (χ2v) is 6.09. The lowest BCUT2D eigenvalue weighted by Gasteiger charge is -2.13. The van der Waals surface area contributed by atoms with Crippen LogP contribution in [0.5, 0.6) is 5.75 Å². The van der Waals surface area contributed by atoms with E-state index >= 15 is 0 Å². The first-order chi connectivity index (χ1) is 13.7. The fourth-order valence-corrected chi connectivity index (χ4v) is 2.77. The Balaban J connectivity index is 1.39. The number of rotatable bonds is 8. The molecule has 3 aromatic rings. The minimum absolute atomic E-state index is 0.157. The number of aliphatic imine (C=N–C) groups is 1. The van der Waals surface area contributed by atoms with Crippen LogP contribution in [0.15, 0.2) is 59.9 Å². The summed E-state index contributed by atoms with van der Waals surface area (Å²) in [6, 6.07) is 14.2. The van der Waals surface area contributed by atoms with Crippen LogP contribution in [0.2, 0.25) is 0 Å². The Kier molecular flexibility index (Phi) is 6.78. The summed E-state index contributed by atoms with van der Waals surface area (Å²) in [5.41, 5.74) is 0. The molecule has 0 aliphatic heterocycles. The number of halogens is 2. The van der Waals surface area contributed by atoms with Gasteiger partial charge in [-0.05, 0) is 29.3 Å². The summed E-state index contributed by atoms with van der Waals surface area (Å²) >= 11 is 0. The van der Waals surface area contributed by atoms with Crippen molar-refractivity contribution in [3.05, 3.63) is 60.7 Å². The molecule has 2 N–H and O–H groups in total. The molecule has 3 rings (SSSR count). The molecule has 0 aliphatic rings. The molecule has 2 aromatic carbocycles. The highest BCUT2D eigenvalue weighted by Gasteiger charge is 2.11. The Labute approximate surface area is 162 Å². The second kappa shape index (κ2) is 9.68. The van der Waals surface area contributed by atoms with Gasteiger partial charge in [0.05, 0.1) is 13.2 Å². The number of ether oxygens (including phenoxy) is 1. The Morgan fingerprint density at radius 2 is 2.00 bits per heavy atom. The van der Waals surface area contributed by atoms with E-state index < -0.39 is 6.55 Å². The van der Waals surface area contributed by atoms with Gasteiger partial charge in [0.1, 0.15) is 11.6 Å². The van der Waals surface area contributed by atoms with Gasteiger partial charge in [0.25, 0.3) is 0 Å². The second-order valence-electron chi connectivity index (χ2n) is 6.09. The molecule has 0 bridgehead atoms. The van der Waals surface area contributed by atoms with E-state index in [1.807, 2.05) is 30.3 Å². The molecular formula is C20H23F2N5O. The SMILES string of the molecule is CN=C(NCCCOc1ccc2ccccc2c1)NCc1nccn1C(F)F. The molecule has 148 valence electrons. The minimum Gasteiger partial charge on any atom is -0.494 e. The summed E-state index contributed by atoms with van der Waals surface area (Å²) in [6.07, 6.45) is 3.37. The van der Waals surface area contributed by atoms with E-state index in [2.05, 4.69) is 32.7 Å². The number of imidazole rings is 1. The van der Waals surface area contributed by atoms with Gasteiger partial charge in [-0.15, -0.1) is 0 Å². The number of fused-ring (bicyclic) bond motifs is 1. The van der Waals surface area contributed by atoms with Crippen molar-refractivity contribution in [2.75, 3.05) is 20.2 Å². The van der Waals surface area contributed by atoms with E-state index in [4.69, 9.17) is 4.74 Å². The van der Waals surface area contributed by atoms with Gasteiger partial charge in [-0.2, -0.15) is 8.78 Å². The Bertz CT molecular complexity index is 926. The zero-order valence-corrected chi connectivity index (χ0v) is 15.6. The molecule has 0 saturated heterocycles. The van der Waals surface area contributed by atoms with Gasteiger partial charge >= 0.3 is 6.55 Å². The Morgan fingerprint density at radius 3 is 2.79 bits per heavy atom. The van der Waals surface area contributed by atoms with E-state index in [1.54, 1.807) is 7.05 Å². The van der Waals surface area contributed by atoms with E-state index in [0.717, 1.165) is 22.1 Å². The van der Waals surface area contributed by atoms with Gasteiger partial charge in [-0.25, -0.2) is 4.98 Å². The summed E-state index contributed by atoms with van der Waals surface area (Å²) in [7, 11) is 1.63. The minimum atomic E-state index is -2.61.